The minimum Gasteiger partial charge on any atom is -0.324 e. The molecule has 1 N–H and O–H groups in total. The zero-order valence-corrected chi connectivity index (χ0v) is 16.8. The lowest BCUT2D eigenvalue weighted by atomic mass is 10.0. The molecule has 1 heterocycles. The predicted molar refractivity (Wildman–Crippen MR) is 109 cm³/mol. The second kappa shape index (κ2) is 9.00. The Balaban J connectivity index is 1.88. The van der Waals surface area contributed by atoms with Crippen molar-refractivity contribution in [2.24, 2.45) is 0 Å². The van der Waals surface area contributed by atoms with Gasteiger partial charge < -0.3 is 5.32 Å². The summed E-state index contributed by atoms with van der Waals surface area (Å²) in [5.41, 5.74) is -1.39. The third-order valence-corrected chi connectivity index (χ3v) is 4.65. The lowest BCUT2D eigenvalue weighted by Gasteiger charge is -2.12. The van der Waals surface area contributed by atoms with E-state index in [9.17, 15) is 28.5 Å². The van der Waals surface area contributed by atoms with Crippen molar-refractivity contribution >= 4 is 34.7 Å². The summed E-state index contributed by atoms with van der Waals surface area (Å²) < 4.78 is 27.0. The number of nitro groups is 1. The summed E-state index contributed by atoms with van der Waals surface area (Å²) in [5.74, 6) is -1.10. The summed E-state index contributed by atoms with van der Waals surface area (Å²) >= 11 is 6.00. The van der Waals surface area contributed by atoms with E-state index < -0.39 is 35.2 Å². The monoisotopic (exact) mass is 448 g/mol. The topological polar surface area (TPSA) is 107 Å². The molecule has 1 aromatic heterocycles. The number of halogens is 3. The van der Waals surface area contributed by atoms with Crippen LogP contribution in [0.3, 0.4) is 0 Å². The van der Waals surface area contributed by atoms with E-state index >= 15 is 0 Å². The largest absolute Gasteiger partial charge is 0.324 e. The summed E-state index contributed by atoms with van der Waals surface area (Å²) in [5, 5.41) is 17.4. The second-order valence-electron chi connectivity index (χ2n) is 6.47. The molecule has 0 saturated heterocycles. The summed E-state index contributed by atoms with van der Waals surface area (Å²) in [6.07, 6.45) is -3.17. The second-order valence-corrected chi connectivity index (χ2v) is 6.90. The van der Waals surface area contributed by atoms with E-state index in [0.29, 0.717) is 5.56 Å². The molecule has 0 spiro atoms. The molecule has 160 valence electrons. The van der Waals surface area contributed by atoms with Crippen molar-refractivity contribution in [1.29, 1.82) is 0 Å². The van der Waals surface area contributed by atoms with E-state index in [0.717, 1.165) is 4.68 Å². The Bertz CT molecular complexity index is 1170. The van der Waals surface area contributed by atoms with Gasteiger partial charge in [0.25, 0.3) is 6.43 Å². The van der Waals surface area contributed by atoms with Gasteiger partial charge in [-0.1, -0.05) is 41.9 Å². The molecule has 0 aliphatic rings. The van der Waals surface area contributed by atoms with E-state index in [4.69, 9.17) is 11.6 Å². The Morgan fingerprint density at radius 1 is 1.23 bits per heavy atom. The number of carbonyl (C=O) groups is 2. The Morgan fingerprint density at radius 3 is 2.48 bits per heavy atom. The van der Waals surface area contributed by atoms with Gasteiger partial charge in [0.05, 0.1) is 10.6 Å². The van der Waals surface area contributed by atoms with E-state index in [-0.39, 0.29) is 27.8 Å². The molecule has 11 heteroatoms. The molecule has 0 atom stereocenters. The van der Waals surface area contributed by atoms with Crippen LogP contribution in [0, 0.1) is 17.0 Å². The highest BCUT2D eigenvalue weighted by Gasteiger charge is 2.31. The average Bonchev–Trinajstić information content (AvgIpc) is 3.06. The van der Waals surface area contributed by atoms with Crippen LogP contribution in [-0.4, -0.2) is 26.4 Å². The molecule has 0 fully saturated rings. The molecule has 1 amide bonds. The third-order valence-electron chi connectivity index (χ3n) is 4.42. The van der Waals surface area contributed by atoms with Crippen LogP contribution in [0.2, 0.25) is 5.02 Å². The van der Waals surface area contributed by atoms with Gasteiger partial charge in [0.1, 0.15) is 12.2 Å². The Kier molecular flexibility index (Phi) is 6.40. The number of ketones is 1. The number of carbonyl (C=O) groups excluding carboxylic acids is 2. The van der Waals surface area contributed by atoms with Crippen molar-refractivity contribution in [3.05, 3.63) is 86.2 Å². The van der Waals surface area contributed by atoms with Crippen molar-refractivity contribution in [3.63, 3.8) is 0 Å². The van der Waals surface area contributed by atoms with Crippen LogP contribution in [0.15, 0.2) is 48.5 Å². The molecule has 0 saturated carbocycles. The van der Waals surface area contributed by atoms with Crippen LogP contribution < -0.4 is 5.32 Å². The summed E-state index contributed by atoms with van der Waals surface area (Å²) in [4.78, 5) is 35.5. The number of amides is 1. The van der Waals surface area contributed by atoms with Crippen LogP contribution in [0.4, 0.5) is 20.2 Å². The highest BCUT2D eigenvalue weighted by molar-refractivity contribution is 6.31. The maximum Gasteiger partial charge on any atom is 0.319 e. The number of anilines is 1. The van der Waals surface area contributed by atoms with E-state index in [1.807, 2.05) is 0 Å². The first-order chi connectivity index (χ1) is 14.7. The summed E-state index contributed by atoms with van der Waals surface area (Å²) in [6.45, 7) is 0.651. The number of hydrogen-bond donors (Lipinski definition) is 1. The van der Waals surface area contributed by atoms with Crippen molar-refractivity contribution in [1.82, 2.24) is 9.78 Å². The average molecular weight is 449 g/mol. The normalized spacial score (nSPS) is 10.9. The van der Waals surface area contributed by atoms with E-state index in [1.54, 1.807) is 30.3 Å². The van der Waals surface area contributed by atoms with Gasteiger partial charge in [-0.05, 0) is 25.1 Å². The van der Waals surface area contributed by atoms with Gasteiger partial charge in [0, 0.05) is 16.1 Å². The maximum absolute atomic E-state index is 13.1. The molecule has 0 radical (unpaired) electrons. The van der Waals surface area contributed by atoms with Crippen LogP contribution in [0.1, 0.15) is 33.7 Å². The zero-order chi connectivity index (χ0) is 22.7. The highest BCUT2D eigenvalue weighted by atomic mass is 35.5. The summed E-state index contributed by atoms with van der Waals surface area (Å²) in [6, 6.07) is 12.6. The SMILES string of the molecule is Cc1c([N+](=O)[O-])c(C(F)F)nn1CC(=O)Nc1ccc(Cl)cc1C(=O)c1ccccc1. The van der Waals surface area contributed by atoms with Gasteiger partial charge in [0.15, 0.2) is 5.78 Å². The molecule has 3 rings (SSSR count). The van der Waals surface area contributed by atoms with E-state index in [1.165, 1.54) is 25.1 Å². The van der Waals surface area contributed by atoms with Gasteiger partial charge in [-0.25, -0.2) is 8.78 Å². The Hall–Kier alpha value is -3.66. The number of hydrogen-bond acceptors (Lipinski definition) is 5. The molecule has 3 aromatic rings. The number of nitrogens with one attached hydrogen (secondary N) is 1. The fourth-order valence-electron chi connectivity index (χ4n) is 2.97. The highest BCUT2D eigenvalue weighted by Crippen LogP contribution is 2.31. The number of benzene rings is 2. The first-order valence-corrected chi connectivity index (χ1v) is 9.25. The molecule has 0 aliphatic carbocycles. The van der Waals surface area contributed by atoms with Crippen molar-refractivity contribution in [2.75, 3.05) is 5.32 Å². The molecule has 0 bridgehead atoms. The Labute approximate surface area is 179 Å². The first-order valence-electron chi connectivity index (χ1n) is 8.88. The molecule has 31 heavy (non-hydrogen) atoms. The molecular weight excluding hydrogens is 434 g/mol. The summed E-state index contributed by atoms with van der Waals surface area (Å²) in [7, 11) is 0. The predicted octanol–water partition coefficient (Wildman–Crippen LogP) is 4.56. The van der Waals surface area contributed by atoms with Crippen molar-refractivity contribution < 1.29 is 23.3 Å². The van der Waals surface area contributed by atoms with Crippen LogP contribution in [0.5, 0.6) is 0 Å². The molecule has 0 unspecified atom stereocenters. The zero-order valence-electron chi connectivity index (χ0n) is 16.0. The standard InChI is InChI=1S/C20H15ClF2N4O4/c1-11-18(27(30)31)17(20(22)23)25-26(11)10-16(28)24-15-8-7-13(21)9-14(15)19(29)12-5-3-2-4-6-12/h2-9,20H,10H2,1H3,(H,24,28). The van der Waals surface area contributed by atoms with Crippen molar-refractivity contribution in [3.8, 4) is 0 Å². The van der Waals surface area contributed by atoms with Gasteiger partial charge in [0.2, 0.25) is 11.6 Å². The van der Waals surface area contributed by atoms with E-state index in [2.05, 4.69) is 10.4 Å². The molecule has 2 aromatic carbocycles. The first kappa shape index (κ1) is 22.0. The molecule has 0 aliphatic heterocycles. The minimum atomic E-state index is -3.17. The Morgan fingerprint density at radius 2 is 1.90 bits per heavy atom. The van der Waals surface area contributed by atoms with Crippen LogP contribution in [0.25, 0.3) is 0 Å². The lowest BCUT2D eigenvalue weighted by molar-refractivity contribution is -0.386. The smallest absolute Gasteiger partial charge is 0.319 e. The maximum atomic E-state index is 13.1. The van der Waals surface area contributed by atoms with Gasteiger partial charge in [-0.15, -0.1) is 0 Å². The van der Waals surface area contributed by atoms with Crippen molar-refractivity contribution in [2.45, 2.75) is 19.9 Å². The fourth-order valence-corrected chi connectivity index (χ4v) is 3.14. The quantitative estimate of drug-likeness (QED) is 0.324. The molecular formula is C20H15ClF2N4O4. The number of rotatable bonds is 7. The number of aromatic nitrogens is 2. The van der Waals surface area contributed by atoms with Crippen LogP contribution in [-0.2, 0) is 11.3 Å². The van der Waals surface area contributed by atoms with Crippen LogP contribution >= 0.6 is 11.6 Å². The minimum absolute atomic E-state index is 0.128. The third kappa shape index (κ3) is 4.75. The van der Waals surface area contributed by atoms with Gasteiger partial charge in [-0.2, -0.15) is 5.10 Å². The molecule has 8 nitrogen and oxygen atoms in total. The van der Waals surface area contributed by atoms with Gasteiger partial charge >= 0.3 is 5.69 Å². The number of alkyl halides is 2. The number of nitrogens with zero attached hydrogens (tertiary/aromatic N) is 3. The van der Waals surface area contributed by atoms with Gasteiger partial charge in [-0.3, -0.25) is 24.4 Å². The fraction of sp³-hybridized carbons (Fsp3) is 0.150. The lowest BCUT2D eigenvalue weighted by Crippen LogP contribution is -2.22.